The van der Waals surface area contributed by atoms with Crippen LogP contribution in [0.3, 0.4) is 0 Å². The van der Waals surface area contributed by atoms with Gasteiger partial charge in [-0.3, -0.25) is 9.36 Å². The molecule has 0 atom stereocenters. The van der Waals surface area contributed by atoms with Crippen molar-refractivity contribution in [1.82, 2.24) is 14.5 Å². The highest BCUT2D eigenvalue weighted by atomic mass is 32.1. The Morgan fingerprint density at radius 2 is 2.16 bits per heavy atom. The highest BCUT2D eigenvalue weighted by molar-refractivity contribution is 7.71. The molecular weight excluding hydrogens is 258 g/mol. The van der Waals surface area contributed by atoms with Crippen LogP contribution in [0.4, 0.5) is 0 Å². The van der Waals surface area contributed by atoms with Crippen LogP contribution in [0.1, 0.15) is 12.8 Å². The van der Waals surface area contributed by atoms with Crippen LogP contribution >= 0.6 is 12.2 Å². The van der Waals surface area contributed by atoms with E-state index in [1.54, 1.807) is 4.57 Å². The summed E-state index contributed by atoms with van der Waals surface area (Å²) in [5.41, 5.74) is 0.813. The second kappa shape index (κ2) is 4.90. The first-order chi connectivity index (χ1) is 9.16. The fourth-order valence-electron chi connectivity index (χ4n) is 2.36. The van der Waals surface area contributed by atoms with Crippen molar-refractivity contribution in [2.24, 2.45) is 0 Å². The number of H-pyrrole nitrogens is 1. The third-order valence-corrected chi connectivity index (χ3v) is 4.06. The highest BCUT2D eigenvalue weighted by Gasteiger charge is 2.25. The summed E-state index contributed by atoms with van der Waals surface area (Å²) in [4.78, 5) is 17.8. The van der Waals surface area contributed by atoms with Crippen molar-refractivity contribution < 1.29 is 0 Å². The van der Waals surface area contributed by atoms with E-state index in [9.17, 15) is 4.79 Å². The van der Waals surface area contributed by atoms with Crippen molar-refractivity contribution in [1.29, 1.82) is 0 Å². The number of rotatable bonds is 4. The minimum absolute atomic E-state index is 0.00328. The molecule has 1 saturated carbocycles. The summed E-state index contributed by atoms with van der Waals surface area (Å²) in [7, 11) is 2.11. The van der Waals surface area contributed by atoms with E-state index in [4.69, 9.17) is 12.2 Å². The topological polar surface area (TPSA) is 41.0 Å². The normalized spacial score (nSPS) is 15.3. The number of fused-ring (bicyclic) bond motifs is 1. The Kier molecular flexibility index (Phi) is 3.24. The molecule has 4 nitrogen and oxygen atoms in total. The van der Waals surface area contributed by atoms with Gasteiger partial charge in [-0.2, -0.15) is 0 Å². The van der Waals surface area contributed by atoms with E-state index in [1.165, 1.54) is 12.8 Å². The molecule has 1 aliphatic carbocycles. The number of nitrogens with one attached hydrogen (secondary N) is 1. The van der Waals surface area contributed by atoms with Crippen molar-refractivity contribution in [3.05, 3.63) is 39.4 Å². The van der Waals surface area contributed by atoms with Crippen molar-refractivity contribution in [3.63, 3.8) is 0 Å². The molecule has 100 valence electrons. The Bertz CT molecular complexity index is 714. The molecule has 0 amide bonds. The van der Waals surface area contributed by atoms with E-state index in [1.807, 2.05) is 24.3 Å². The predicted octanol–water partition coefficient (Wildman–Crippen LogP) is 2.15. The standard InChI is InChI=1S/C14H17N3OS/c1-16(10-6-7-10)8-9-17-13(18)11-4-2-3-5-12(11)15-14(17)19/h2-5,10H,6-9H2,1H3,(H,15,19). The van der Waals surface area contributed by atoms with Gasteiger partial charge in [-0.15, -0.1) is 0 Å². The molecule has 0 radical (unpaired) electrons. The molecule has 0 bridgehead atoms. The zero-order valence-corrected chi connectivity index (χ0v) is 11.7. The van der Waals surface area contributed by atoms with Crippen LogP contribution in [0.2, 0.25) is 0 Å². The smallest absolute Gasteiger partial charge is 0.262 e. The fourth-order valence-corrected chi connectivity index (χ4v) is 2.64. The van der Waals surface area contributed by atoms with Crippen LogP contribution in [0.25, 0.3) is 10.9 Å². The third kappa shape index (κ3) is 2.48. The Labute approximate surface area is 116 Å². The Balaban J connectivity index is 1.94. The maximum atomic E-state index is 12.4. The van der Waals surface area contributed by atoms with Crippen LogP contribution in [-0.4, -0.2) is 34.1 Å². The molecule has 1 aromatic heterocycles. The molecule has 1 aliphatic rings. The summed E-state index contributed by atoms with van der Waals surface area (Å²) in [6.07, 6.45) is 2.55. The molecule has 3 rings (SSSR count). The lowest BCUT2D eigenvalue weighted by Crippen LogP contribution is -2.30. The lowest BCUT2D eigenvalue weighted by atomic mass is 10.2. The Hall–Kier alpha value is -1.46. The molecule has 0 spiro atoms. The van der Waals surface area contributed by atoms with E-state index in [0.717, 1.165) is 12.1 Å². The second-order valence-corrected chi connectivity index (χ2v) is 5.53. The number of aromatic nitrogens is 2. The monoisotopic (exact) mass is 275 g/mol. The third-order valence-electron chi connectivity index (χ3n) is 3.74. The van der Waals surface area contributed by atoms with Gasteiger partial charge in [-0.1, -0.05) is 12.1 Å². The second-order valence-electron chi connectivity index (χ2n) is 5.14. The van der Waals surface area contributed by atoms with Crippen LogP contribution in [-0.2, 0) is 6.54 Å². The van der Waals surface area contributed by atoms with Crippen LogP contribution in [0, 0.1) is 4.77 Å². The maximum Gasteiger partial charge on any atom is 0.262 e. The first kappa shape index (κ1) is 12.6. The SMILES string of the molecule is CN(CCn1c(=S)[nH]c2ccccc2c1=O)C1CC1. The zero-order valence-electron chi connectivity index (χ0n) is 10.9. The molecule has 1 N–H and O–H groups in total. The molecule has 5 heteroatoms. The van der Waals surface area contributed by atoms with Gasteiger partial charge in [0, 0.05) is 19.1 Å². The number of hydrogen-bond acceptors (Lipinski definition) is 3. The van der Waals surface area contributed by atoms with Gasteiger partial charge >= 0.3 is 0 Å². The Morgan fingerprint density at radius 1 is 1.42 bits per heavy atom. The fraction of sp³-hybridized carbons (Fsp3) is 0.429. The Morgan fingerprint density at radius 3 is 2.89 bits per heavy atom. The molecule has 2 aromatic rings. The number of hydrogen-bond donors (Lipinski definition) is 1. The lowest BCUT2D eigenvalue weighted by Gasteiger charge is -2.16. The highest BCUT2D eigenvalue weighted by Crippen LogP contribution is 2.24. The number of aromatic amines is 1. The van der Waals surface area contributed by atoms with Gasteiger partial charge in [-0.25, -0.2) is 0 Å². The molecule has 1 aromatic carbocycles. The largest absolute Gasteiger partial charge is 0.332 e. The number of nitrogens with zero attached hydrogens (tertiary/aromatic N) is 2. The van der Waals surface area contributed by atoms with Gasteiger partial charge in [0.1, 0.15) is 0 Å². The molecule has 0 aliphatic heterocycles. The quantitative estimate of drug-likeness (QED) is 0.869. The molecular formula is C14H17N3OS. The first-order valence-corrected chi connectivity index (χ1v) is 7.00. The number of para-hydroxylation sites is 1. The first-order valence-electron chi connectivity index (χ1n) is 6.59. The lowest BCUT2D eigenvalue weighted by molar-refractivity contribution is 0.306. The van der Waals surface area contributed by atoms with Gasteiger partial charge < -0.3 is 9.88 Å². The summed E-state index contributed by atoms with van der Waals surface area (Å²) in [6, 6.07) is 8.20. The average Bonchev–Trinajstić information content (AvgIpc) is 3.22. The molecule has 0 saturated heterocycles. The van der Waals surface area contributed by atoms with Crippen molar-refractivity contribution >= 4 is 23.1 Å². The van der Waals surface area contributed by atoms with Crippen molar-refractivity contribution in [3.8, 4) is 0 Å². The van der Waals surface area contributed by atoms with Gasteiger partial charge in [-0.05, 0) is 44.2 Å². The van der Waals surface area contributed by atoms with Gasteiger partial charge in [0.25, 0.3) is 5.56 Å². The number of benzene rings is 1. The van der Waals surface area contributed by atoms with Crippen LogP contribution in [0.15, 0.2) is 29.1 Å². The van der Waals surface area contributed by atoms with E-state index in [0.29, 0.717) is 22.7 Å². The summed E-state index contributed by atoms with van der Waals surface area (Å²) < 4.78 is 2.17. The van der Waals surface area contributed by atoms with Crippen molar-refractivity contribution in [2.45, 2.75) is 25.4 Å². The van der Waals surface area contributed by atoms with E-state index < -0.39 is 0 Å². The van der Waals surface area contributed by atoms with Crippen LogP contribution < -0.4 is 5.56 Å². The zero-order chi connectivity index (χ0) is 13.4. The van der Waals surface area contributed by atoms with E-state index in [2.05, 4.69) is 16.9 Å². The number of likely N-dealkylation sites (N-methyl/N-ethyl adjacent to an activating group) is 1. The van der Waals surface area contributed by atoms with Gasteiger partial charge in [0.05, 0.1) is 10.9 Å². The van der Waals surface area contributed by atoms with Gasteiger partial charge in [0.15, 0.2) is 4.77 Å². The van der Waals surface area contributed by atoms with Gasteiger partial charge in [0.2, 0.25) is 0 Å². The predicted molar refractivity (Wildman–Crippen MR) is 79.0 cm³/mol. The summed E-state index contributed by atoms with van der Waals surface area (Å²) in [5.74, 6) is 0. The molecule has 1 heterocycles. The minimum atomic E-state index is 0.00328. The van der Waals surface area contributed by atoms with Crippen LogP contribution in [0.5, 0.6) is 0 Å². The summed E-state index contributed by atoms with van der Waals surface area (Å²) in [6.45, 7) is 1.51. The summed E-state index contributed by atoms with van der Waals surface area (Å²) in [5, 5.41) is 0.699. The molecule has 19 heavy (non-hydrogen) atoms. The minimum Gasteiger partial charge on any atom is -0.332 e. The average molecular weight is 275 g/mol. The van der Waals surface area contributed by atoms with E-state index >= 15 is 0 Å². The summed E-state index contributed by atoms with van der Waals surface area (Å²) >= 11 is 5.29. The maximum absolute atomic E-state index is 12.4. The van der Waals surface area contributed by atoms with E-state index in [-0.39, 0.29) is 5.56 Å². The molecule has 1 fully saturated rings. The molecule has 0 unspecified atom stereocenters. The van der Waals surface area contributed by atoms with Crippen molar-refractivity contribution in [2.75, 3.05) is 13.6 Å².